The fourth-order valence-electron chi connectivity index (χ4n) is 1.81. The molecule has 0 radical (unpaired) electrons. The number of benzene rings is 1. The van der Waals surface area contributed by atoms with E-state index in [0.717, 1.165) is 12.8 Å². The summed E-state index contributed by atoms with van der Waals surface area (Å²) in [5.41, 5.74) is 6.87. The lowest BCUT2D eigenvalue weighted by Gasteiger charge is -2.19. The zero-order valence-electron chi connectivity index (χ0n) is 11.7. The second kappa shape index (κ2) is 7.46. The monoisotopic (exact) mass is 262 g/mol. The van der Waals surface area contributed by atoms with Crippen molar-refractivity contribution in [1.29, 1.82) is 0 Å². The van der Waals surface area contributed by atoms with Gasteiger partial charge in [-0.15, -0.1) is 6.58 Å². The molecular formula is C15H22N2O2. The number of nitrogens with zero attached hydrogens (tertiary/aromatic N) is 1. The lowest BCUT2D eigenvalue weighted by atomic mass is 10.1. The summed E-state index contributed by atoms with van der Waals surface area (Å²) in [6.45, 7) is 6.71. The topological polar surface area (TPSA) is 55.6 Å². The number of carbonyl (C=O) groups is 1. The number of rotatable bonds is 7. The van der Waals surface area contributed by atoms with Crippen LogP contribution in [-0.4, -0.2) is 31.0 Å². The molecule has 1 rings (SSSR count). The Morgan fingerprint density at radius 1 is 1.53 bits per heavy atom. The Morgan fingerprint density at radius 2 is 2.26 bits per heavy atom. The maximum absolute atomic E-state index is 12.4. The molecular weight excluding hydrogens is 240 g/mol. The van der Waals surface area contributed by atoms with Crippen LogP contribution >= 0.6 is 0 Å². The molecule has 0 aliphatic carbocycles. The smallest absolute Gasteiger partial charge is 0.257 e. The van der Waals surface area contributed by atoms with Gasteiger partial charge in [0.15, 0.2) is 5.75 Å². The van der Waals surface area contributed by atoms with Crippen LogP contribution in [0, 0.1) is 0 Å². The molecule has 4 heteroatoms. The lowest BCUT2D eigenvalue weighted by molar-refractivity contribution is 0.0790. The number of unbranched alkanes of at least 4 members (excludes halogenated alkanes) is 1. The van der Waals surface area contributed by atoms with Gasteiger partial charge in [0.1, 0.15) is 0 Å². The number of allylic oxidation sites excluding steroid dienone is 1. The average molecular weight is 262 g/mol. The van der Waals surface area contributed by atoms with Gasteiger partial charge in [0.2, 0.25) is 0 Å². The van der Waals surface area contributed by atoms with Crippen molar-refractivity contribution in [2.45, 2.75) is 19.8 Å². The number of hydrogen-bond donors (Lipinski definition) is 1. The minimum absolute atomic E-state index is 0.0696. The van der Waals surface area contributed by atoms with Gasteiger partial charge in [-0.3, -0.25) is 4.79 Å². The van der Waals surface area contributed by atoms with Crippen molar-refractivity contribution in [2.75, 3.05) is 25.9 Å². The zero-order valence-corrected chi connectivity index (χ0v) is 11.7. The molecule has 0 heterocycles. The molecule has 0 aliphatic heterocycles. The number of anilines is 1. The molecule has 1 aromatic rings. The van der Waals surface area contributed by atoms with E-state index in [2.05, 4.69) is 6.58 Å². The normalized spacial score (nSPS) is 10.0. The molecule has 0 aromatic heterocycles. The molecule has 0 fully saturated rings. The number of hydrogen-bond acceptors (Lipinski definition) is 3. The van der Waals surface area contributed by atoms with Gasteiger partial charge < -0.3 is 15.4 Å². The molecule has 0 unspecified atom stereocenters. The van der Waals surface area contributed by atoms with E-state index in [1.165, 1.54) is 0 Å². The molecule has 0 atom stereocenters. The third-order valence-corrected chi connectivity index (χ3v) is 2.81. The first-order chi connectivity index (χ1) is 9.11. The highest BCUT2D eigenvalue weighted by atomic mass is 16.5. The molecule has 4 nitrogen and oxygen atoms in total. The highest BCUT2D eigenvalue weighted by Crippen LogP contribution is 2.27. The van der Waals surface area contributed by atoms with Gasteiger partial charge in [-0.25, -0.2) is 0 Å². The highest BCUT2D eigenvalue weighted by molar-refractivity contribution is 5.98. The quantitative estimate of drug-likeness (QED) is 0.467. The Hall–Kier alpha value is -1.97. The standard InChI is InChI=1S/C15H22N2O2/c1-4-6-7-11-17(3)15(18)12-9-8-10-13(16)14(12)19-5-2/h4,8-10H,1,5-7,11,16H2,2-3H3. The van der Waals surface area contributed by atoms with Gasteiger partial charge >= 0.3 is 0 Å². The van der Waals surface area contributed by atoms with E-state index in [1.807, 2.05) is 13.0 Å². The summed E-state index contributed by atoms with van der Waals surface area (Å²) in [4.78, 5) is 14.0. The molecule has 0 bridgehead atoms. The summed E-state index contributed by atoms with van der Waals surface area (Å²) < 4.78 is 5.48. The summed E-state index contributed by atoms with van der Waals surface area (Å²) in [6.07, 6.45) is 3.65. The first kappa shape index (κ1) is 15.1. The Labute approximate surface area is 114 Å². The molecule has 1 amide bonds. The predicted molar refractivity (Wildman–Crippen MR) is 78.4 cm³/mol. The van der Waals surface area contributed by atoms with E-state index in [-0.39, 0.29) is 5.91 Å². The van der Waals surface area contributed by atoms with Gasteiger partial charge in [0.25, 0.3) is 5.91 Å². The van der Waals surface area contributed by atoms with E-state index in [9.17, 15) is 4.79 Å². The lowest BCUT2D eigenvalue weighted by Crippen LogP contribution is -2.28. The summed E-state index contributed by atoms with van der Waals surface area (Å²) in [6, 6.07) is 5.25. The Balaban J connectivity index is 2.86. The van der Waals surface area contributed by atoms with E-state index in [4.69, 9.17) is 10.5 Å². The molecule has 0 aliphatic rings. The van der Waals surface area contributed by atoms with Gasteiger partial charge in [-0.2, -0.15) is 0 Å². The van der Waals surface area contributed by atoms with Gasteiger partial charge in [-0.1, -0.05) is 12.1 Å². The van der Waals surface area contributed by atoms with Crippen LogP contribution in [0.15, 0.2) is 30.9 Å². The van der Waals surface area contributed by atoms with Crippen LogP contribution in [0.1, 0.15) is 30.1 Å². The SMILES string of the molecule is C=CCCCN(C)C(=O)c1cccc(N)c1OCC. The van der Waals surface area contributed by atoms with E-state index < -0.39 is 0 Å². The number of nitrogen functional groups attached to an aromatic ring is 1. The average Bonchev–Trinajstić information content (AvgIpc) is 2.40. The number of nitrogens with two attached hydrogens (primary N) is 1. The van der Waals surface area contributed by atoms with Crippen molar-refractivity contribution >= 4 is 11.6 Å². The molecule has 1 aromatic carbocycles. The predicted octanol–water partition coefficient (Wildman–Crippen LogP) is 2.71. The first-order valence-corrected chi connectivity index (χ1v) is 6.49. The largest absolute Gasteiger partial charge is 0.491 e. The number of amides is 1. The van der Waals surface area contributed by atoms with Gasteiger partial charge in [0.05, 0.1) is 17.9 Å². The molecule has 104 valence electrons. The van der Waals surface area contributed by atoms with Crippen molar-refractivity contribution in [1.82, 2.24) is 4.90 Å². The number of ether oxygens (including phenoxy) is 1. The summed E-state index contributed by atoms with van der Waals surface area (Å²) in [5.74, 6) is 0.408. The van der Waals surface area contributed by atoms with Crippen LogP contribution < -0.4 is 10.5 Å². The molecule has 0 spiro atoms. The van der Waals surface area contributed by atoms with Gasteiger partial charge in [-0.05, 0) is 31.9 Å². The van der Waals surface area contributed by atoms with Crippen LogP contribution in [0.3, 0.4) is 0 Å². The highest BCUT2D eigenvalue weighted by Gasteiger charge is 2.18. The second-order valence-electron chi connectivity index (χ2n) is 4.31. The number of para-hydroxylation sites is 1. The van der Waals surface area contributed by atoms with Crippen LogP contribution in [0.25, 0.3) is 0 Å². The Morgan fingerprint density at radius 3 is 2.89 bits per heavy atom. The van der Waals surface area contributed by atoms with Gasteiger partial charge in [0, 0.05) is 13.6 Å². The third kappa shape index (κ3) is 4.02. The van der Waals surface area contributed by atoms with Crippen molar-refractivity contribution in [3.63, 3.8) is 0 Å². The Kier molecular flexibility index (Phi) is 5.93. The first-order valence-electron chi connectivity index (χ1n) is 6.49. The second-order valence-corrected chi connectivity index (χ2v) is 4.31. The van der Waals surface area contributed by atoms with E-state index >= 15 is 0 Å². The fraction of sp³-hybridized carbons (Fsp3) is 0.400. The maximum atomic E-state index is 12.4. The van der Waals surface area contributed by atoms with Crippen molar-refractivity contribution < 1.29 is 9.53 Å². The number of carbonyl (C=O) groups excluding carboxylic acids is 1. The van der Waals surface area contributed by atoms with Crippen LogP contribution in [0.4, 0.5) is 5.69 Å². The van der Waals surface area contributed by atoms with Crippen molar-refractivity contribution in [3.8, 4) is 5.75 Å². The van der Waals surface area contributed by atoms with Crippen LogP contribution in [-0.2, 0) is 0 Å². The summed E-state index contributed by atoms with van der Waals surface area (Å²) >= 11 is 0. The Bertz CT molecular complexity index is 444. The van der Waals surface area contributed by atoms with Crippen LogP contribution in [0.2, 0.25) is 0 Å². The summed E-state index contributed by atoms with van der Waals surface area (Å²) in [7, 11) is 1.78. The fourth-order valence-corrected chi connectivity index (χ4v) is 1.81. The van der Waals surface area contributed by atoms with Crippen molar-refractivity contribution in [3.05, 3.63) is 36.4 Å². The molecule has 0 saturated carbocycles. The van der Waals surface area contributed by atoms with E-state index in [0.29, 0.717) is 30.2 Å². The van der Waals surface area contributed by atoms with Crippen LogP contribution in [0.5, 0.6) is 5.75 Å². The maximum Gasteiger partial charge on any atom is 0.257 e. The van der Waals surface area contributed by atoms with E-state index in [1.54, 1.807) is 30.1 Å². The minimum atomic E-state index is -0.0696. The molecule has 2 N–H and O–H groups in total. The molecule has 19 heavy (non-hydrogen) atoms. The minimum Gasteiger partial charge on any atom is -0.491 e. The third-order valence-electron chi connectivity index (χ3n) is 2.81. The zero-order chi connectivity index (χ0) is 14.3. The van der Waals surface area contributed by atoms with Crippen molar-refractivity contribution in [2.24, 2.45) is 0 Å². The summed E-state index contributed by atoms with van der Waals surface area (Å²) in [5, 5.41) is 0. The molecule has 0 saturated heterocycles.